The first-order valence-electron chi connectivity index (χ1n) is 7.04. The molecule has 0 N–H and O–H groups in total. The van der Waals surface area contributed by atoms with E-state index < -0.39 is 8.80 Å². The van der Waals surface area contributed by atoms with Gasteiger partial charge in [-0.15, -0.1) is 0 Å². The Morgan fingerprint density at radius 2 is 1.68 bits per heavy atom. The van der Waals surface area contributed by atoms with Crippen LogP contribution in [0, 0.1) is 0 Å². The van der Waals surface area contributed by atoms with Gasteiger partial charge in [0.2, 0.25) is 0 Å². The number of rotatable bonds is 11. The highest BCUT2D eigenvalue weighted by atomic mass is 28.4. The quantitative estimate of drug-likeness (QED) is 0.432. The molecule has 1 fully saturated rings. The normalized spacial score (nSPS) is 22.3. The fourth-order valence-electron chi connectivity index (χ4n) is 2.39. The second-order valence-electron chi connectivity index (χ2n) is 4.88. The van der Waals surface area contributed by atoms with E-state index >= 15 is 0 Å². The predicted molar refractivity (Wildman–Crippen MR) is 75.2 cm³/mol. The molecule has 6 heteroatoms. The molecule has 0 spiro atoms. The first-order chi connectivity index (χ1) is 9.15. The summed E-state index contributed by atoms with van der Waals surface area (Å²) in [5, 5.41) is 0. The van der Waals surface area contributed by atoms with Crippen LogP contribution in [0.4, 0.5) is 0 Å². The van der Waals surface area contributed by atoms with Crippen LogP contribution in [0.25, 0.3) is 0 Å². The van der Waals surface area contributed by atoms with Gasteiger partial charge in [-0.25, -0.2) is 0 Å². The van der Waals surface area contributed by atoms with Gasteiger partial charge in [0, 0.05) is 26.9 Å². The number of epoxide rings is 1. The topological polar surface area (TPSA) is 49.5 Å². The predicted octanol–water partition coefficient (Wildman–Crippen LogP) is 2.23. The van der Waals surface area contributed by atoms with Crippen molar-refractivity contribution in [2.45, 2.75) is 50.9 Å². The second-order valence-corrected chi connectivity index (χ2v) is 8.12. The minimum Gasteiger partial charge on any atom is -0.377 e. The summed E-state index contributed by atoms with van der Waals surface area (Å²) in [4.78, 5) is 0. The lowest BCUT2D eigenvalue weighted by atomic mass is 10.1. The van der Waals surface area contributed by atoms with Crippen LogP contribution in [0.5, 0.6) is 0 Å². The Labute approximate surface area is 117 Å². The molecule has 3 atom stereocenters. The van der Waals surface area contributed by atoms with Crippen molar-refractivity contribution >= 4 is 8.80 Å². The lowest BCUT2D eigenvalue weighted by molar-refractivity contribution is 0.0247. The summed E-state index contributed by atoms with van der Waals surface area (Å²) in [6.45, 7) is 5.80. The Hall–Kier alpha value is 0.0169. The zero-order chi connectivity index (χ0) is 14.3. The van der Waals surface area contributed by atoms with Crippen molar-refractivity contribution in [3.63, 3.8) is 0 Å². The average molecular weight is 292 g/mol. The molecular formula is C13H28O5Si. The van der Waals surface area contributed by atoms with Gasteiger partial charge in [-0.05, 0) is 19.3 Å². The highest BCUT2D eigenvalue weighted by Gasteiger charge is 2.47. The third-order valence-electron chi connectivity index (χ3n) is 3.77. The van der Waals surface area contributed by atoms with Crippen LogP contribution in [-0.2, 0) is 22.8 Å². The summed E-state index contributed by atoms with van der Waals surface area (Å²) in [6, 6.07) is 0. The van der Waals surface area contributed by atoms with E-state index in [9.17, 15) is 0 Å². The van der Waals surface area contributed by atoms with Gasteiger partial charge in [-0.2, -0.15) is 0 Å². The van der Waals surface area contributed by atoms with Crippen molar-refractivity contribution in [1.82, 2.24) is 0 Å². The zero-order valence-corrected chi connectivity index (χ0v) is 13.8. The third-order valence-corrected chi connectivity index (χ3v) is 7.12. The van der Waals surface area contributed by atoms with Crippen LogP contribution in [0.1, 0.15) is 33.1 Å². The Morgan fingerprint density at radius 3 is 2.05 bits per heavy atom. The van der Waals surface area contributed by atoms with E-state index in [0.29, 0.717) is 12.7 Å². The second kappa shape index (κ2) is 8.34. The highest BCUT2D eigenvalue weighted by molar-refractivity contribution is 6.62. The first kappa shape index (κ1) is 17.1. The van der Waals surface area contributed by atoms with E-state index in [1.54, 1.807) is 21.3 Å². The van der Waals surface area contributed by atoms with Crippen LogP contribution >= 0.6 is 0 Å². The molecule has 0 aromatic carbocycles. The molecule has 1 heterocycles. The van der Waals surface area contributed by atoms with Gasteiger partial charge in [-0.3, -0.25) is 0 Å². The molecule has 114 valence electrons. The molecule has 1 rings (SSSR count). The van der Waals surface area contributed by atoms with E-state index in [1.165, 1.54) is 0 Å². The van der Waals surface area contributed by atoms with Gasteiger partial charge >= 0.3 is 8.80 Å². The molecule has 3 unspecified atom stereocenters. The van der Waals surface area contributed by atoms with Crippen LogP contribution < -0.4 is 0 Å². The van der Waals surface area contributed by atoms with E-state index in [2.05, 4.69) is 13.8 Å². The van der Waals surface area contributed by atoms with Gasteiger partial charge in [-0.1, -0.05) is 13.8 Å². The van der Waals surface area contributed by atoms with E-state index in [0.717, 1.165) is 25.9 Å². The van der Waals surface area contributed by atoms with E-state index in [4.69, 9.17) is 22.8 Å². The van der Waals surface area contributed by atoms with Crippen molar-refractivity contribution in [2.75, 3.05) is 34.5 Å². The summed E-state index contributed by atoms with van der Waals surface area (Å²) in [6.07, 6.45) is 3.36. The molecule has 0 bridgehead atoms. The summed E-state index contributed by atoms with van der Waals surface area (Å²) >= 11 is 0. The molecule has 1 saturated heterocycles. The largest absolute Gasteiger partial charge is 0.503 e. The lowest BCUT2D eigenvalue weighted by Gasteiger charge is -2.33. The molecule has 0 aromatic rings. The summed E-state index contributed by atoms with van der Waals surface area (Å²) < 4.78 is 27.8. The van der Waals surface area contributed by atoms with Crippen molar-refractivity contribution in [1.29, 1.82) is 0 Å². The number of ether oxygens (including phenoxy) is 2. The maximum absolute atomic E-state index is 5.91. The van der Waals surface area contributed by atoms with E-state index in [-0.39, 0.29) is 11.6 Å². The summed E-state index contributed by atoms with van der Waals surface area (Å²) in [5.41, 5.74) is 0.262. The minimum absolute atomic E-state index is 0.210. The Morgan fingerprint density at radius 1 is 1.11 bits per heavy atom. The van der Waals surface area contributed by atoms with Gasteiger partial charge in [0.15, 0.2) is 0 Å². The summed E-state index contributed by atoms with van der Waals surface area (Å²) in [5.74, 6) is 0. The van der Waals surface area contributed by atoms with Crippen LogP contribution in [0.2, 0.25) is 5.54 Å². The van der Waals surface area contributed by atoms with Crippen molar-refractivity contribution in [3.05, 3.63) is 0 Å². The molecule has 1 aliphatic rings. The van der Waals surface area contributed by atoms with Crippen molar-refractivity contribution in [2.24, 2.45) is 0 Å². The smallest absolute Gasteiger partial charge is 0.377 e. The Bertz CT molecular complexity index is 235. The van der Waals surface area contributed by atoms with Crippen molar-refractivity contribution < 1.29 is 22.8 Å². The molecule has 19 heavy (non-hydrogen) atoms. The van der Waals surface area contributed by atoms with Gasteiger partial charge in [0.25, 0.3) is 0 Å². The Balaban J connectivity index is 2.55. The SMILES string of the molecule is CCC(CC(CC)[Si](OC)(OC)OC)OCC1CO1. The highest BCUT2D eigenvalue weighted by Crippen LogP contribution is 2.33. The van der Waals surface area contributed by atoms with Crippen LogP contribution in [-0.4, -0.2) is 55.6 Å². The van der Waals surface area contributed by atoms with Crippen LogP contribution in [0.15, 0.2) is 0 Å². The number of hydrogen-bond donors (Lipinski definition) is 0. The fraction of sp³-hybridized carbons (Fsp3) is 1.00. The minimum atomic E-state index is -2.58. The third kappa shape index (κ3) is 4.80. The van der Waals surface area contributed by atoms with Crippen LogP contribution in [0.3, 0.4) is 0 Å². The van der Waals surface area contributed by atoms with Crippen molar-refractivity contribution in [3.8, 4) is 0 Å². The first-order valence-corrected chi connectivity index (χ1v) is 8.84. The standard InChI is InChI=1S/C13H28O5Si/c1-6-11(17-9-12-10-18-12)8-13(7-2)19(14-3,15-4)16-5/h11-13H,6-10H2,1-5H3. The molecule has 0 aliphatic carbocycles. The molecule has 0 aromatic heterocycles. The maximum Gasteiger partial charge on any atom is 0.503 e. The van der Waals surface area contributed by atoms with E-state index in [1.807, 2.05) is 0 Å². The zero-order valence-electron chi connectivity index (χ0n) is 12.8. The monoisotopic (exact) mass is 292 g/mol. The Kier molecular flexibility index (Phi) is 7.49. The fourth-order valence-corrected chi connectivity index (χ4v) is 4.94. The molecule has 0 saturated carbocycles. The molecule has 1 aliphatic heterocycles. The number of hydrogen-bond acceptors (Lipinski definition) is 5. The molecule has 0 amide bonds. The molecule has 0 radical (unpaired) electrons. The maximum atomic E-state index is 5.91. The van der Waals surface area contributed by atoms with Gasteiger partial charge in [0.1, 0.15) is 6.10 Å². The van der Waals surface area contributed by atoms with Gasteiger partial charge < -0.3 is 22.8 Å². The summed E-state index contributed by atoms with van der Waals surface area (Å²) in [7, 11) is 2.43. The molecular weight excluding hydrogens is 264 g/mol. The molecule has 5 nitrogen and oxygen atoms in total. The average Bonchev–Trinajstić information content (AvgIpc) is 3.27. The van der Waals surface area contributed by atoms with Gasteiger partial charge in [0.05, 0.1) is 19.3 Å². The lowest BCUT2D eigenvalue weighted by Crippen LogP contribution is -2.48.